The zero-order valence-electron chi connectivity index (χ0n) is 16.3. The second-order valence-corrected chi connectivity index (χ2v) is 3.30. The van der Waals surface area contributed by atoms with Crippen LogP contribution in [0.25, 0.3) is 0 Å². The molecule has 0 aliphatic heterocycles. The third-order valence-corrected chi connectivity index (χ3v) is 0.508. The summed E-state index contributed by atoms with van der Waals surface area (Å²) in [5.74, 6) is -3.33. The van der Waals surface area contributed by atoms with Crippen molar-refractivity contribution >= 4 is 23.9 Å². The molecule has 0 unspecified atom stereocenters. The van der Waals surface area contributed by atoms with Crippen molar-refractivity contribution < 1.29 is 54.6 Å². The van der Waals surface area contributed by atoms with Crippen molar-refractivity contribution in [3.63, 3.8) is 0 Å². The van der Waals surface area contributed by atoms with Crippen LogP contribution in [-0.2, 0) is 23.9 Å². The van der Waals surface area contributed by atoms with Gasteiger partial charge in [-0.3, -0.25) is 19.2 Å². The molecule has 0 saturated carbocycles. The van der Waals surface area contributed by atoms with Crippen molar-refractivity contribution in [1.29, 1.82) is 0 Å². The van der Waals surface area contributed by atoms with Gasteiger partial charge in [0.15, 0.2) is 0 Å². The molecule has 162 valence electrons. The van der Waals surface area contributed by atoms with Gasteiger partial charge in [-0.25, -0.2) is 0 Å². The molecule has 0 aromatic rings. The van der Waals surface area contributed by atoms with Crippen molar-refractivity contribution in [2.45, 2.75) is 41.5 Å². The summed E-state index contributed by atoms with van der Waals surface area (Å²) < 4.78 is 4.83. The summed E-state index contributed by atoms with van der Waals surface area (Å²) in [6.07, 6.45) is 0. The first-order valence-corrected chi connectivity index (χ1v) is 6.83. The Kier molecular flexibility index (Phi) is 83.3. The van der Waals surface area contributed by atoms with Crippen molar-refractivity contribution in [3.8, 4) is 0 Å². The van der Waals surface area contributed by atoms with E-state index < -0.39 is 23.9 Å². The molecule has 0 aliphatic carbocycles. The molecule has 0 aromatic heterocycles. The van der Waals surface area contributed by atoms with E-state index in [4.69, 9.17) is 54.6 Å². The average Bonchev–Trinajstić information content (AvgIpc) is 2.37. The van der Waals surface area contributed by atoms with Gasteiger partial charge in [-0.15, -0.1) is 0 Å². The first kappa shape index (κ1) is 43.8. The molecular weight excluding hydrogens is 358 g/mol. The highest BCUT2D eigenvalue weighted by Crippen LogP contribution is 1.64. The number of hydrogen-bond donors (Lipinski definition) is 7. The molecule has 0 aromatic carbocycles. The lowest BCUT2D eigenvalue weighted by atomic mass is 10.8. The predicted octanol–water partition coefficient (Wildman–Crippen LogP) is 0.539. The fraction of sp³-hybridized carbons (Fsp3) is 0.714. The average molecular weight is 393 g/mol. The first-order chi connectivity index (χ1) is 11.3. The molecule has 0 spiro atoms. The molecular formula is C14H35NO11. The van der Waals surface area contributed by atoms with Crippen LogP contribution in [0.4, 0.5) is 0 Å². The van der Waals surface area contributed by atoms with Crippen LogP contribution >= 0.6 is 0 Å². The van der Waals surface area contributed by atoms with E-state index in [2.05, 4.69) is 0 Å². The van der Waals surface area contributed by atoms with Gasteiger partial charge in [-0.05, 0) is 13.8 Å². The molecule has 0 heterocycles. The number of carboxylic acids is 4. The molecule has 0 aliphatic rings. The largest absolute Gasteiger partial charge is 0.481 e. The summed E-state index contributed by atoms with van der Waals surface area (Å²) in [6, 6.07) is 0. The number of rotatable bonds is 3. The lowest BCUT2D eigenvalue weighted by molar-refractivity contribution is -0.135. The van der Waals surface area contributed by atoms with Gasteiger partial charge in [0.05, 0.1) is 13.2 Å². The van der Waals surface area contributed by atoms with Gasteiger partial charge >= 0.3 is 0 Å². The highest BCUT2D eigenvalue weighted by molar-refractivity contribution is 5.63. The lowest BCUT2D eigenvalue weighted by Crippen LogP contribution is -1.85. The molecule has 12 nitrogen and oxygen atoms in total. The maximum absolute atomic E-state index is 9.00. The smallest absolute Gasteiger partial charge is 0.300 e. The Morgan fingerprint density at radius 3 is 0.731 bits per heavy atom. The fourth-order valence-electron chi connectivity index (χ4n) is 0.204. The zero-order chi connectivity index (χ0) is 21.8. The standard InChI is InChI=1S/C4H10O.4C2H4O2.C2H6O2.H3N/c1-3-5-4-2;4*1-2(3)4;3-1-2-4;/h3-4H2,1-2H3;4*1H3,(H,3,4);3-4H,1-2H2;1H3. The molecule has 0 fully saturated rings. The zero-order valence-corrected chi connectivity index (χ0v) is 16.3. The normalized spacial score (nSPS) is 6.62. The van der Waals surface area contributed by atoms with Crippen molar-refractivity contribution in [2.75, 3.05) is 26.4 Å². The third kappa shape index (κ3) is 18000. The SMILES string of the molecule is CC(=O)O.CC(=O)O.CC(=O)O.CC(=O)O.CCOCC.N.OCCO. The van der Waals surface area contributed by atoms with E-state index in [0.29, 0.717) is 0 Å². The van der Waals surface area contributed by atoms with E-state index in [9.17, 15) is 0 Å². The number of carboxylic acid groups (broad SMARTS) is 4. The molecule has 12 heteroatoms. The third-order valence-electron chi connectivity index (χ3n) is 0.508. The number of ether oxygens (including phenoxy) is 1. The van der Waals surface area contributed by atoms with Gasteiger partial charge in [0, 0.05) is 40.9 Å². The summed E-state index contributed by atoms with van der Waals surface area (Å²) in [6.45, 7) is 9.75. The molecule has 0 atom stereocenters. The van der Waals surface area contributed by atoms with E-state index >= 15 is 0 Å². The van der Waals surface area contributed by atoms with Crippen molar-refractivity contribution in [1.82, 2.24) is 6.15 Å². The Morgan fingerprint density at radius 2 is 0.731 bits per heavy atom. The second kappa shape index (κ2) is 49.5. The van der Waals surface area contributed by atoms with Gasteiger partial charge in [0.2, 0.25) is 0 Å². The van der Waals surface area contributed by atoms with Gasteiger partial charge in [-0.1, -0.05) is 0 Å². The van der Waals surface area contributed by atoms with Crippen molar-refractivity contribution in [3.05, 3.63) is 0 Å². The quantitative estimate of drug-likeness (QED) is 0.348. The van der Waals surface area contributed by atoms with Crippen LogP contribution in [0.3, 0.4) is 0 Å². The van der Waals surface area contributed by atoms with Crippen LogP contribution in [-0.4, -0.2) is 80.9 Å². The molecule has 0 amide bonds. The molecule has 0 saturated heterocycles. The van der Waals surface area contributed by atoms with Crippen LogP contribution < -0.4 is 6.15 Å². The number of carbonyl (C=O) groups is 4. The van der Waals surface area contributed by atoms with Crippen LogP contribution in [0.15, 0.2) is 0 Å². The van der Waals surface area contributed by atoms with Gasteiger partial charge in [0.1, 0.15) is 0 Å². The maximum Gasteiger partial charge on any atom is 0.300 e. The Morgan fingerprint density at radius 1 is 0.615 bits per heavy atom. The minimum absolute atomic E-state index is 0. The fourth-order valence-corrected chi connectivity index (χ4v) is 0.204. The van der Waals surface area contributed by atoms with E-state index in [1.54, 1.807) is 0 Å². The maximum atomic E-state index is 9.00. The lowest BCUT2D eigenvalue weighted by Gasteiger charge is -1.86. The minimum atomic E-state index is -0.833. The number of aliphatic hydroxyl groups excluding tert-OH is 2. The minimum Gasteiger partial charge on any atom is -0.481 e. The van der Waals surface area contributed by atoms with Gasteiger partial charge < -0.3 is 41.5 Å². The van der Waals surface area contributed by atoms with Crippen LogP contribution in [0.2, 0.25) is 0 Å². The summed E-state index contributed by atoms with van der Waals surface area (Å²) >= 11 is 0. The number of aliphatic hydroxyl groups is 2. The van der Waals surface area contributed by atoms with E-state index in [-0.39, 0.29) is 19.4 Å². The Bertz CT molecular complexity index is 229. The number of hydrogen-bond acceptors (Lipinski definition) is 8. The molecule has 26 heavy (non-hydrogen) atoms. The number of aliphatic carboxylic acids is 4. The van der Waals surface area contributed by atoms with Gasteiger partial charge in [-0.2, -0.15) is 0 Å². The monoisotopic (exact) mass is 393 g/mol. The summed E-state index contributed by atoms with van der Waals surface area (Å²) in [7, 11) is 0. The van der Waals surface area contributed by atoms with E-state index in [0.717, 1.165) is 40.9 Å². The molecule has 0 bridgehead atoms. The van der Waals surface area contributed by atoms with Crippen molar-refractivity contribution in [2.24, 2.45) is 0 Å². The summed E-state index contributed by atoms with van der Waals surface area (Å²) in [5, 5.41) is 44.9. The van der Waals surface area contributed by atoms with E-state index in [1.807, 2.05) is 13.8 Å². The first-order valence-electron chi connectivity index (χ1n) is 6.83. The topological polar surface area (TPSA) is 234 Å². The molecule has 0 radical (unpaired) electrons. The predicted molar refractivity (Wildman–Crippen MR) is 94.6 cm³/mol. The highest BCUT2D eigenvalue weighted by Gasteiger charge is 1.66. The Balaban J connectivity index is -0.0000000331. The Labute approximate surface area is 153 Å². The second-order valence-electron chi connectivity index (χ2n) is 3.30. The van der Waals surface area contributed by atoms with Crippen LogP contribution in [0.1, 0.15) is 41.5 Å². The molecule has 9 N–H and O–H groups in total. The van der Waals surface area contributed by atoms with Gasteiger partial charge in [0.25, 0.3) is 23.9 Å². The Hall–Kier alpha value is -2.28. The highest BCUT2D eigenvalue weighted by atomic mass is 16.5. The summed E-state index contributed by atoms with van der Waals surface area (Å²) in [4.78, 5) is 36.0. The van der Waals surface area contributed by atoms with E-state index in [1.165, 1.54) is 0 Å². The van der Waals surface area contributed by atoms with Crippen LogP contribution in [0, 0.1) is 0 Å². The molecule has 0 rings (SSSR count). The van der Waals surface area contributed by atoms with Crippen LogP contribution in [0.5, 0.6) is 0 Å². The summed E-state index contributed by atoms with van der Waals surface area (Å²) in [5.41, 5.74) is 0.